The smallest absolute Gasteiger partial charge is 0.333 e. The van der Waals surface area contributed by atoms with Gasteiger partial charge in [0.2, 0.25) is 0 Å². The molecule has 0 radical (unpaired) electrons. The molecule has 0 aliphatic heterocycles. The highest BCUT2D eigenvalue weighted by Crippen LogP contribution is 2.30. The summed E-state index contributed by atoms with van der Waals surface area (Å²) >= 11 is 5.98. The second-order valence-electron chi connectivity index (χ2n) is 5.07. The zero-order valence-corrected chi connectivity index (χ0v) is 11.6. The van der Waals surface area contributed by atoms with Crippen molar-refractivity contribution in [2.24, 2.45) is 0 Å². The van der Waals surface area contributed by atoms with Crippen LogP contribution in [-0.4, -0.2) is 16.6 Å². The molecule has 4 nitrogen and oxygen atoms in total. The Morgan fingerprint density at radius 3 is 2.50 bits per heavy atom. The van der Waals surface area contributed by atoms with Crippen molar-refractivity contribution in [1.82, 2.24) is 4.98 Å². The van der Waals surface area contributed by atoms with Crippen molar-refractivity contribution >= 4 is 17.6 Å². The molecule has 0 fully saturated rings. The minimum absolute atomic E-state index is 0.211. The number of nitrogens with zero attached hydrogens (tertiary/aromatic N) is 2. The van der Waals surface area contributed by atoms with Crippen LogP contribution in [0.2, 0.25) is 5.02 Å². The largest absolute Gasteiger partial charge is 0.458 e. The van der Waals surface area contributed by atoms with E-state index in [1.54, 1.807) is 32.9 Å². The van der Waals surface area contributed by atoms with Gasteiger partial charge in [0.25, 0.3) is 0 Å². The molecule has 1 heterocycles. The number of hydrogen-bond acceptors (Lipinski definition) is 4. The number of rotatable bonds is 2. The Morgan fingerprint density at radius 1 is 1.44 bits per heavy atom. The lowest BCUT2D eigenvalue weighted by Crippen LogP contribution is -2.38. The average Bonchev–Trinajstić information content (AvgIpc) is 2.26. The van der Waals surface area contributed by atoms with E-state index in [9.17, 15) is 10.1 Å². The van der Waals surface area contributed by atoms with E-state index in [1.165, 1.54) is 13.1 Å². The number of halogens is 1. The van der Waals surface area contributed by atoms with Gasteiger partial charge in [-0.1, -0.05) is 11.6 Å². The standard InChI is InChI=1S/C13H15ClN2O2/c1-12(2,3)18-11(17)13(4,8-15)10-9(14)6-5-7-16-10/h5-7H,1-4H3. The molecule has 5 heteroatoms. The van der Waals surface area contributed by atoms with Crippen molar-refractivity contribution in [3.63, 3.8) is 0 Å². The van der Waals surface area contributed by atoms with Crippen LogP contribution >= 0.6 is 11.6 Å². The van der Waals surface area contributed by atoms with Crippen LogP contribution in [-0.2, 0) is 14.9 Å². The summed E-state index contributed by atoms with van der Waals surface area (Å²) in [5.41, 5.74) is -1.97. The van der Waals surface area contributed by atoms with Crippen LogP contribution in [0, 0.1) is 11.3 Å². The van der Waals surface area contributed by atoms with Crippen LogP contribution in [0.1, 0.15) is 33.4 Å². The van der Waals surface area contributed by atoms with Crippen molar-refractivity contribution in [2.75, 3.05) is 0 Å². The first-order valence-electron chi connectivity index (χ1n) is 5.46. The van der Waals surface area contributed by atoms with Gasteiger partial charge in [0, 0.05) is 6.20 Å². The zero-order chi connectivity index (χ0) is 14.0. The monoisotopic (exact) mass is 266 g/mol. The lowest BCUT2D eigenvalue weighted by atomic mass is 9.88. The molecule has 0 N–H and O–H groups in total. The Balaban J connectivity index is 3.20. The Morgan fingerprint density at radius 2 is 2.06 bits per heavy atom. The highest BCUT2D eigenvalue weighted by atomic mass is 35.5. The van der Waals surface area contributed by atoms with Gasteiger partial charge in [0.15, 0.2) is 5.41 Å². The number of nitriles is 1. The summed E-state index contributed by atoms with van der Waals surface area (Å²) in [6.07, 6.45) is 1.49. The van der Waals surface area contributed by atoms with Crippen LogP contribution in [0.4, 0.5) is 0 Å². The maximum atomic E-state index is 12.1. The Labute approximate surface area is 112 Å². The van der Waals surface area contributed by atoms with Crippen LogP contribution in [0.25, 0.3) is 0 Å². The SMILES string of the molecule is CC(C)(C)OC(=O)C(C)(C#N)c1ncccc1Cl. The molecule has 1 rings (SSSR count). The number of carbonyl (C=O) groups is 1. The van der Waals surface area contributed by atoms with E-state index in [-0.39, 0.29) is 10.7 Å². The molecular weight excluding hydrogens is 252 g/mol. The highest BCUT2D eigenvalue weighted by Gasteiger charge is 2.42. The second kappa shape index (κ2) is 4.95. The highest BCUT2D eigenvalue weighted by molar-refractivity contribution is 6.31. The number of carbonyl (C=O) groups excluding carboxylic acids is 1. The van der Waals surface area contributed by atoms with Gasteiger partial charge in [0.05, 0.1) is 16.8 Å². The maximum Gasteiger partial charge on any atom is 0.333 e. The first-order valence-corrected chi connectivity index (χ1v) is 5.84. The quantitative estimate of drug-likeness (QED) is 0.772. The van der Waals surface area contributed by atoms with Crippen LogP contribution in [0.3, 0.4) is 0 Å². The molecular formula is C13H15ClN2O2. The van der Waals surface area contributed by atoms with Gasteiger partial charge in [0.1, 0.15) is 5.60 Å². The minimum atomic E-state index is -1.51. The Kier molecular flexibility index (Phi) is 3.98. The summed E-state index contributed by atoms with van der Waals surface area (Å²) in [6, 6.07) is 5.16. The van der Waals surface area contributed by atoms with Crippen molar-refractivity contribution in [3.05, 3.63) is 29.0 Å². The minimum Gasteiger partial charge on any atom is -0.458 e. The topological polar surface area (TPSA) is 63.0 Å². The van der Waals surface area contributed by atoms with E-state index >= 15 is 0 Å². The molecule has 1 atom stereocenters. The first kappa shape index (κ1) is 14.5. The Bertz CT molecular complexity index is 502. The van der Waals surface area contributed by atoms with Crippen molar-refractivity contribution in [2.45, 2.75) is 38.7 Å². The molecule has 0 saturated heterocycles. The third-order valence-corrected chi connectivity index (χ3v) is 2.57. The van der Waals surface area contributed by atoms with Crippen LogP contribution in [0.5, 0.6) is 0 Å². The molecule has 1 aromatic heterocycles. The first-order chi connectivity index (χ1) is 8.20. The average molecular weight is 267 g/mol. The fraction of sp³-hybridized carbons (Fsp3) is 0.462. The van der Waals surface area contributed by atoms with Gasteiger partial charge < -0.3 is 4.74 Å². The number of pyridine rings is 1. The maximum absolute atomic E-state index is 12.1. The number of ether oxygens (including phenoxy) is 1. The number of hydrogen-bond donors (Lipinski definition) is 0. The van der Waals surface area contributed by atoms with Crippen LogP contribution < -0.4 is 0 Å². The van der Waals surface area contributed by atoms with E-state index in [1.807, 2.05) is 6.07 Å². The van der Waals surface area contributed by atoms with Crippen LogP contribution in [0.15, 0.2) is 18.3 Å². The van der Waals surface area contributed by atoms with E-state index < -0.39 is 17.0 Å². The summed E-state index contributed by atoms with van der Waals surface area (Å²) in [4.78, 5) is 16.1. The van der Waals surface area contributed by atoms with Crippen molar-refractivity contribution in [1.29, 1.82) is 5.26 Å². The predicted octanol–water partition coefficient (Wildman–Crippen LogP) is 2.86. The molecule has 96 valence electrons. The van der Waals surface area contributed by atoms with E-state index in [4.69, 9.17) is 16.3 Å². The fourth-order valence-corrected chi connectivity index (χ4v) is 1.64. The molecule has 0 amide bonds. The van der Waals surface area contributed by atoms with Crippen molar-refractivity contribution < 1.29 is 9.53 Å². The molecule has 0 spiro atoms. The van der Waals surface area contributed by atoms with E-state index in [2.05, 4.69) is 4.98 Å². The molecule has 1 unspecified atom stereocenters. The normalized spacial score (nSPS) is 14.4. The summed E-state index contributed by atoms with van der Waals surface area (Å²) in [5.74, 6) is -0.655. The zero-order valence-electron chi connectivity index (χ0n) is 10.8. The molecule has 0 bridgehead atoms. The van der Waals surface area contributed by atoms with Gasteiger partial charge in [-0.25, -0.2) is 4.79 Å². The molecule has 0 aliphatic rings. The molecule has 0 aromatic carbocycles. The van der Waals surface area contributed by atoms with Gasteiger partial charge in [-0.05, 0) is 39.8 Å². The summed E-state index contributed by atoms with van der Waals surface area (Å²) in [7, 11) is 0. The lowest BCUT2D eigenvalue weighted by molar-refractivity contribution is -0.159. The third-order valence-electron chi connectivity index (χ3n) is 2.26. The van der Waals surface area contributed by atoms with Gasteiger partial charge >= 0.3 is 5.97 Å². The fourth-order valence-electron chi connectivity index (χ4n) is 1.33. The molecule has 0 saturated carbocycles. The summed E-state index contributed by atoms with van der Waals surface area (Å²) in [6.45, 7) is 6.67. The molecule has 0 aliphatic carbocycles. The molecule has 1 aromatic rings. The summed E-state index contributed by atoms with van der Waals surface area (Å²) < 4.78 is 5.24. The third kappa shape index (κ3) is 2.99. The van der Waals surface area contributed by atoms with Gasteiger partial charge in [-0.15, -0.1) is 0 Å². The predicted molar refractivity (Wildman–Crippen MR) is 68.1 cm³/mol. The van der Waals surface area contributed by atoms with E-state index in [0.717, 1.165) is 0 Å². The number of esters is 1. The number of aromatic nitrogens is 1. The Hall–Kier alpha value is -1.60. The van der Waals surface area contributed by atoms with E-state index in [0.29, 0.717) is 0 Å². The van der Waals surface area contributed by atoms with Crippen molar-refractivity contribution in [3.8, 4) is 6.07 Å². The van der Waals surface area contributed by atoms with Gasteiger partial charge in [-0.3, -0.25) is 4.98 Å². The lowest BCUT2D eigenvalue weighted by Gasteiger charge is -2.26. The van der Waals surface area contributed by atoms with Gasteiger partial charge in [-0.2, -0.15) is 5.26 Å². The summed E-state index contributed by atoms with van der Waals surface area (Å²) in [5, 5.41) is 9.55. The molecule has 18 heavy (non-hydrogen) atoms. The second-order valence-corrected chi connectivity index (χ2v) is 5.48.